The van der Waals surface area contributed by atoms with E-state index in [-0.39, 0.29) is 25.7 Å². The van der Waals surface area contributed by atoms with Gasteiger partial charge in [0.05, 0.1) is 26.4 Å². The molecule has 5 atom stereocenters. The Bertz CT molecular complexity index is 1820. The van der Waals surface area contributed by atoms with Crippen molar-refractivity contribution < 1.29 is 80.2 Å². The van der Waals surface area contributed by atoms with Crippen LogP contribution in [0.1, 0.15) is 364 Å². The van der Waals surface area contributed by atoms with Crippen molar-refractivity contribution >= 4 is 39.5 Å². The average molecular weight is 1350 g/mol. The zero-order chi connectivity index (χ0) is 68.2. The Balaban J connectivity index is 5.21. The number of carbonyl (C=O) groups is 4. The zero-order valence-electron chi connectivity index (χ0n) is 60.2. The summed E-state index contributed by atoms with van der Waals surface area (Å²) in [6, 6.07) is 0. The Morgan fingerprint density at radius 3 is 0.674 bits per heavy atom. The van der Waals surface area contributed by atoms with Crippen LogP contribution in [0.3, 0.4) is 0 Å². The fourth-order valence-corrected chi connectivity index (χ4v) is 12.6. The molecule has 0 spiro atoms. The largest absolute Gasteiger partial charge is 0.472 e. The van der Waals surface area contributed by atoms with E-state index in [0.29, 0.717) is 31.6 Å². The number of aliphatic hydroxyl groups is 1. The molecule has 0 amide bonds. The fourth-order valence-electron chi connectivity index (χ4n) is 11.0. The van der Waals surface area contributed by atoms with E-state index in [0.717, 1.165) is 114 Å². The van der Waals surface area contributed by atoms with Gasteiger partial charge in [-0.25, -0.2) is 9.13 Å². The lowest BCUT2D eigenvalue weighted by molar-refractivity contribution is -0.161. The van der Waals surface area contributed by atoms with Gasteiger partial charge in [0, 0.05) is 25.7 Å². The van der Waals surface area contributed by atoms with Gasteiger partial charge >= 0.3 is 39.5 Å². The maximum Gasteiger partial charge on any atom is 0.472 e. The first-order valence-electron chi connectivity index (χ1n) is 37.7. The Hall–Kier alpha value is -1.94. The molecule has 0 bridgehead atoms. The molecule has 92 heavy (non-hydrogen) atoms. The Morgan fingerprint density at radius 1 is 0.272 bits per heavy atom. The van der Waals surface area contributed by atoms with Crippen LogP contribution in [0.4, 0.5) is 0 Å². The minimum Gasteiger partial charge on any atom is -0.462 e. The van der Waals surface area contributed by atoms with Gasteiger partial charge in [0.15, 0.2) is 12.2 Å². The van der Waals surface area contributed by atoms with Crippen LogP contribution in [0.25, 0.3) is 0 Å². The van der Waals surface area contributed by atoms with Crippen molar-refractivity contribution in [2.75, 3.05) is 39.6 Å². The summed E-state index contributed by atoms with van der Waals surface area (Å²) >= 11 is 0. The third-order valence-electron chi connectivity index (χ3n) is 16.8. The highest BCUT2D eigenvalue weighted by molar-refractivity contribution is 7.47. The van der Waals surface area contributed by atoms with E-state index in [1.54, 1.807) is 0 Å². The van der Waals surface area contributed by atoms with E-state index in [9.17, 15) is 43.2 Å². The normalized spacial score (nSPS) is 14.2. The first-order valence-corrected chi connectivity index (χ1v) is 40.7. The molecule has 0 aromatic heterocycles. The molecule has 2 unspecified atom stereocenters. The van der Waals surface area contributed by atoms with Gasteiger partial charge in [0.2, 0.25) is 0 Å². The molecule has 19 heteroatoms. The number of carbonyl (C=O) groups excluding carboxylic acids is 4. The number of hydrogen-bond acceptors (Lipinski definition) is 15. The number of phosphoric ester groups is 2. The van der Waals surface area contributed by atoms with Crippen LogP contribution >= 0.6 is 15.6 Å². The predicted octanol–water partition coefficient (Wildman–Crippen LogP) is 20.9. The second-order valence-corrected chi connectivity index (χ2v) is 31.1. The number of unbranched alkanes of at least 4 members (excludes halogenated alkanes) is 36. The topological polar surface area (TPSA) is 237 Å². The molecular formula is C73H142O17P2. The molecule has 0 saturated carbocycles. The van der Waals surface area contributed by atoms with Crippen LogP contribution in [0.2, 0.25) is 0 Å². The maximum absolute atomic E-state index is 13.0. The van der Waals surface area contributed by atoms with Crippen molar-refractivity contribution in [2.45, 2.75) is 382 Å². The molecule has 3 N–H and O–H groups in total. The summed E-state index contributed by atoms with van der Waals surface area (Å²) in [6.45, 7) is 14.1. The molecule has 0 rings (SSSR count). The van der Waals surface area contributed by atoms with E-state index >= 15 is 0 Å². The van der Waals surface area contributed by atoms with Crippen molar-refractivity contribution in [3.63, 3.8) is 0 Å². The van der Waals surface area contributed by atoms with Gasteiger partial charge in [0.25, 0.3) is 0 Å². The number of rotatable bonds is 70. The Morgan fingerprint density at radius 2 is 0.457 bits per heavy atom. The molecule has 0 aromatic rings. The highest BCUT2D eigenvalue weighted by atomic mass is 31.2. The van der Waals surface area contributed by atoms with Crippen LogP contribution in [0, 0.1) is 23.7 Å². The third kappa shape index (κ3) is 66.7. The van der Waals surface area contributed by atoms with Crippen molar-refractivity contribution in [1.82, 2.24) is 0 Å². The summed E-state index contributed by atoms with van der Waals surface area (Å²) < 4.78 is 68.3. The van der Waals surface area contributed by atoms with Crippen LogP contribution in [0.15, 0.2) is 0 Å². The minimum atomic E-state index is -4.95. The number of phosphoric acid groups is 2. The van der Waals surface area contributed by atoms with Gasteiger partial charge in [-0.3, -0.25) is 37.3 Å². The number of esters is 4. The lowest BCUT2D eigenvalue weighted by Gasteiger charge is -2.21. The monoisotopic (exact) mass is 1350 g/mol. The van der Waals surface area contributed by atoms with Gasteiger partial charge < -0.3 is 33.8 Å². The fraction of sp³-hybridized carbons (Fsp3) is 0.945. The molecule has 546 valence electrons. The summed E-state index contributed by atoms with van der Waals surface area (Å²) in [5, 5.41) is 10.6. The first kappa shape index (κ1) is 90.1. The summed E-state index contributed by atoms with van der Waals surface area (Å²) in [5.74, 6) is 0.839. The zero-order valence-corrected chi connectivity index (χ0v) is 62.0. The SMILES string of the molecule is CC(C)CCCCCCCCCCCCCCCCCCC(=O)O[C@H](COC(=O)CCCCCCCCCCC(C)C)COP(=O)(O)OC[C@@H](O)COP(=O)(O)OC[C@@H](COC(=O)CCCCCCCCC(C)C)OC(=O)CCCCCCCCCCCCC(C)C. The van der Waals surface area contributed by atoms with E-state index in [4.69, 9.17) is 37.0 Å². The van der Waals surface area contributed by atoms with Gasteiger partial charge in [-0.2, -0.15) is 0 Å². The Labute approximate surface area is 562 Å². The van der Waals surface area contributed by atoms with Gasteiger partial charge in [0.1, 0.15) is 19.3 Å². The summed E-state index contributed by atoms with van der Waals surface area (Å²) in [7, 11) is -9.91. The molecule has 0 saturated heterocycles. The van der Waals surface area contributed by atoms with Gasteiger partial charge in [-0.1, -0.05) is 312 Å². The van der Waals surface area contributed by atoms with Crippen molar-refractivity contribution in [3.05, 3.63) is 0 Å². The molecule has 0 heterocycles. The lowest BCUT2D eigenvalue weighted by Crippen LogP contribution is -2.30. The average Bonchev–Trinajstić information content (AvgIpc) is 3.50. The van der Waals surface area contributed by atoms with E-state index in [2.05, 4.69) is 55.4 Å². The minimum absolute atomic E-state index is 0.104. The lowest BCUT2D eigenvalue weighted by atomic mass is 10.0. The summed E-state index contributed by atoms with van der Waals surface area (Å²) in [5.41, 5.74) is 0. The molecule has 0 aliphatic carbocycles. The van der Waals surface area contributed by atoms with E-state index < -0.39 is 97.5 Å². The molecule has 17 nitrogen and oxygen atoms in total. The van der Waals surface area contributed by atoms with Crippen molar-refractivity contribution in [3.8, 4) is 0 Å². The molecule has 0 aliphatic rings. The number of hydrogen-bond donors (Lipinski definition) is 3. The Kier molecular flexibility index (Phi) is 61.3. The summed E-state index contributed by atoms with van der Waals surface area (Å²) in [6.07, 6.45) is 46.1. The third-order valence-corrected chi connectivity index (χ3v) is 18.7. The van der Waals surface area contributed by atoms with Gasteiger partial charge in [-0.05, 0) is 49.4 Å². The van der Waals surface area contributed by atoms with Crippen LogP contribution in [-0.4, -0.2) is 96.7 Å². The molecular weight excluding hydrogens is 1210 g/mol. The number of ether oxygens (including phenoxy) is 4. The van der Waals surface area contributed by atoms with Crippen molar-refractivity contribution in [2.24, 2.45) is 23.7 Å². The summed E-state index contributed by atoms with van der Waals surface area (Å²) in [4.78, 5) is 72.6. The molecule has 0 aromatic carbocycles. The maximum atomic E-state index is 13.0. The number of aliphatic hydroxyl groups excluding tert-OH is 1. The standard InChI is InChI=1S/C73H142O17P2/c1-63(2)49-41-33-25-19-15-13-11-9-10-12-14-16-21-29-39-47-55-72(77)89-68(59-83-70(75)53-45-37-28-24-23-27-35-43-51-65(5)6)61-87-91(79,80)85-57-67(74)58-86-92(81,82)88-62-69(60-84-71(76)54-46-38-32-31-36-44-52-66(7)8)90-73(78)56-48-40-30-22-18-17-20-26-34-42-50-64(3)4/h63-69,74H,9-62H2,1-8H3,(H,79,80)(H,81,82)/t67-,68-,69-/m1/s1. The van der Waals surface area contributed by atoms with E-state index in [1.807, 2.05) is 0 Å². The highest BCUT2D eigenvalue weighted by Gasteiger charge is 2.30. The van der Waals surface area contributed by atoms with Crippen molar-refractivity contribution in [1.29, 1.82) is 0 Å². The quantitative estimate of drug-likeness (QED) is 0.0222. The highest BCUT2D eigenvalue weighted by Crippen LogP contribution is 2.45. The van der Waals surface area contributed by atoms with Crippen LogP contribution in [-0.2, 0) is 65.4 Å². The molecule has 0 fully saturated rings. The van der Waals surface area contributed by atoms with E-state index in [1.165, 1.54) is 161 Å². The molecule has 0 radical (unpaired) electrons. The first-order chi connectivity index (χ1) is 44.1. The predicted molar refractivity (Wildman–Crippen MR) is 372 cm³/mol. The van der Waals surface area contributed by atoms with Gasteiger partial charge in [-0.15, -0.1) is 0 Å². The molecule has 0 aliphatic heterocycles. The second-order valence-electron chi connectivity index (χ2n) is 28.2. The smallest absolute Gasteiger partial charge is 0.462 e. The van der Waals surface area contributed by atoms with Crippen LogP contribution < -0.4 is 0 Å². The second kappa shape index (κ2) is 62.6. The van der Waals surface area contributed by atoms with Crippen LogP contribution in [0.5, 0.6) is 0 Å².